The van der Waals surface area contributed by atoms with Crippen LogP contribution in [0.25, 0.3) is 0 Å². The Labute approximate surface area is 91.0 Å². The Morgan fingerprint density at radius 1 is 1.67 bits per heavy atom. The number of hydrogen-bond acceptors (Lipinski definition) is 4. The molecule has 0 aliphatic heterocycles. The van der Waals surface area contributed by atoms with Crippen molar-refractivity contribution in [2.45, 2.75) is 13.0 Å². The maximum atomic E-state index is 10.4. The summed E-state index contributed by atoms with van der Waals surface area (Å²) in [6.07, 6.45) is -0.649. The molecule has 0 fully saturated rings. The number of nitro benzene ring substituents is 1. The Morgan fingerprint density at radius 3 is 2.80 bits per heavy atom. The van der Waals surface area contributed by atoms with Crippen LogP contribution in [0.15, 0.2) is 18.2 Å². The van der Waals surface area contributed by atoms with Crippen LogP contribution in [0.2, 0.25) is 5.02 Å². The minimum atomic E-state index is -0.649. The molecule has 0 saturated carbocycles. The highest BCUT2D eigenvalue weighted by atomic mass is 35.5. The first-order valence-corrected chi connectivity index (χ1v) is 4.42. The lowest BCUT2D eigenvalue weighted by atomic mass is 10.3. The molecule has 5 nitrogen and oxygen atoms in total. The van der Waals surface area contributed by atoms with Crippen LogP contribution in [0.4, 0.5) is 5.69 Å². The average molecular weight is 227 g/mol. The van der Waals surface area contributed by atoms with Crippen LogP contribution in [0.5, 0.6) is 5.75 Å². The molecule has 0 bridgehead atoms. The van der Waals surface area contributed by atoms with Crippen molar-refractivity contribution in [3.05, 3.63) is 33.3 Å². The van der Waals surface area contributed by atoms with Gasteiger partial charge in [0.2, 0.25) is 0 Å². The minimum Gasteiger partial charge on any atom is -0.474 e. The Bertz CT molecular complexity index is 428. The van der Waals surface area contributed by atoms with Crippen molar-refractivity contribution >= 4 is 17.3 Å². The van der Waals surface area contributed by atoms with E-state index in [1.54, 1.807) is 6.92 Å². The zero-order valence-corrected chi connectivity index (χ0v) is 8.56. The van der Waals surface area contributed by atoms with Crippen molar-refractivity contribution in [1.29, 1.82) is 5.26 Å². The van der Waals surface area contributed by atoms with Crippen molar-refractivity contribution in [3.63, 3.8) is 0 Å². The summed E-state index contributed by atoms with van der Waals surface area (Å²) in [6, 6.07) is 5.68. The largest absolute Gasteiger partial charge is 0.474 e. The van der Waals surface area contributed by atoms with Crippen molar-refractivity contribution in [1.82, 2.24) is 0 Å². The number of hydrogen-bond donors (Lipinski definition) is 0. The molecule has 6 heteroatoms. The standard InChI is InChI=1S/C9H7ClN2O3/c1-6(5-11)15-9-3-2-7(12(13)14)4-8(9)10/h2-4,6H,1H3. The molecule has 0 aliphatic carbocycles. The lowest BCUT2D eigenvalue weighted by molar-refractivity contribution is -0.384. The van der Waals surface area contributed by atoms with E-state index in [2.05, 4.69) is 0 Å². The summed E-state index contributed by atoms with van der Waals surface area (Å²) < 4.78 is 5.11. The number of benzene rings is 1. The van der Waals surface area contributed by atoms with E-state index in [9.17, 15) is 10.1 Å². The Kier molecular flexibility index (Phi) is 3.47. The van der Waals surface area contributed by atoms with Crippen LogP contribution < -0.4 is 4.74 Å². The molecule has 0 N–H and O–H groups in total. The molecule has 0 aliphatic rings. The molecule has 1 aromatic carbocycles. The van der Waals surface area contributed by atoms with Gasteiger partial charge in [-0.3, -0.25) is 10.1 Å². The third kappa shape index (κ3) is 2.82. The molecule has 1 atom stereocenters. The predicted molar refractivity (Wildman–Crippen MR) is 53.8 cm³/mol. The third-order valence-corrected chi connectivity index (χ3v) is 1.91. The van der Waals surface area contributed by atoms with Gasteiger partial charge in [-0.15, -0.1) is 0 Å². The second-order valence-electron chi connectivity index (χ2n) is 2.76. The third-order valence-electron chi connectivity index (χ3n) is 1.61. The Morgan fingerprint density at radius 2 is 2.33 bits per heavy atom. The Balaban J connectivity index is 2.94. The fourth-order valence-electron chi connectivity index (χ4n) is 0.916. The van der Waals surface area contributed by atoms with Crippen molar-refractivity contribution in [2.24, 2.45) is 0 Å². The van der Waals surface area contributed by atoms with Crippen LogP contribution in [-0.4, -0.2) is 11.0 Å². The van der Waals surface area contributed by atoms with E-state index in [0.717, 1.165) is 0 Å². The monoisotopic (exact) mass is 226 g/mol. The number of nitro groups is 1. The summed E-state index contributed by atoms with van der Waals surface area (Å²) in [5, 5.41) is 19.0. The van der Waals surface area contributed by atoms with Gasteiger partial charge in [0.15, 0.2) is 6.10 Å². The van der Waals surface area contributed by atoms with E-state index in [1.165, 1.54) is 18.2 Å². The molecule has 0 heterocycles. The van der Waals surface area contributed by atoms with Crippen molar-refractivity contribution in [3.8, 4) is 11.8 Å². The number of nitriles is 1. The molecule has 1 aromatic rings. The summed E-state index contributed by atoms with van der Waals surface area (Å²) in [6.45, 7) is 1.55. The van der Waals surface area contributed by atoms with Gasteiger partial charge in [0.05, 0.1) is 9.95 Å². The number of halogens is 1. The summed E-state index contributed by atoms with van der Waals surface area (Å²) in [4.78, 5) is 9.84. The van der Waals surface area contributed by atoms with Crippen molar-refractivity contribution < 1.29 is 9.66 Å². The molecule has 0 amide bonds. The van der Waals surface area contributed by atoms with Crippen LogP contribution in [0.1, 0.15) is 6.92 Å². The van der Waals surface area contributed by atoms with E-state index in [-0.39, 0.29) is 16.5 Å². The fourth-order valence-corrected chi connectivity index (χ4v) is 1.14. The molecule has 0 aromatic heterocycles. The van der Waals surface area contributed by atoms with E-state index in [4.69, 9.17) is 21.6 Å². The molecule has 0 spiro atoms. The lowest BCUT2D eigenvalue weighted by Gasteiger charge is -2.08. The molecule has 0 saturated heterocycles. The van der Waals surface area contributed by atoms with Gasteiger partial charge in [0.25, 0.3) is 5.69 Å². The summed E-state index contributed by atoms with van der Waals surface area (Å²) >= 11 is 5.74. The van der Waals surface area contributed by atoms with E-state index >= 15 is 0 Å². The first-order chi connectivity index (χ1) is 7.04. The number of non-ortho nitro benzene ring substituents is 1. The molecule has 78 valence electrons. The Hall–Kier alpha value is -1.80. The van der Waals surface area contributed by atoms with Crippen molar-refractivity contribution in [2.75, 3.05) is 0 Å². The van der Waals surface area contributed by atoms with Gasteiger partial charge in [-0.2, -0.15) is 5.26 Å². The summed E-state index contributed by atoms with van der Waals surface area (Å²) in [5.74, 6) is 0.260. The number of rotatable bonds is 3. The summed E-state index contributed by atoms with van der Waals surface area (Å²) in [5.41, 5.74) is -0.114. The lowest BCUT2D eigenvalue weighted by Crippen LogP contribution is -2.08. The van der Waals surface area contributed by atoms with Gasteiger partial charge in [-0.25, -0.2) is 0 Å². The first kappa shape index (κ1) is 11.3. The average Bonchev–Trinajstić information content (AvgIpc) is 2.20. The molecule has 0 radical (unpaired) electrons. The first-order valence-electron chi connectivity index (χ1n) is 4.05. The van der Waals surface area contributed by atoms with Gasteiger partial charge >= 0.3 is 0 Å². The van der Waals surface area contributed by atoms with E-state index in [1.807, 2.05) is 6.07 Å². The topological polar surface area (TPSA) is 76.2 Å². The predicted octanol–water partition coefficient (Wildman–Crippen LogP) is 2.54. The number of nitrogens with zero attached hydrogens (tertiary/aromatic N) is 2. The quantitative estimate of drug-likeness (QED) is 0.586. The second-order valence-corrected chi connectivity index (χ2v) is 3.17. The maximum Gasteiger partial charge on any atom is 0.271 e. The molecular formula is C9H7ClN2O3. The summed E-state index contributed by atoms with van der Waals surface area (Å²) in [7, 11) is 0. The highest BCUT2D eigenvalue weighted by Gasteiger charge is 2.11. The van der Waals surface area contributed by atoms with Crippen LogP contribution in [-0.2, 0) is 0 Å². The minimum absolute atomic E-state index is 0.114. The van der Waals surface area contributed by atoms with Gasteiger partial charge in [-0.05, 0) is 13.0 Å². The zero-order valence-electron chi connectivity index (χ0n) is 7.81. The van der Waals surface area contributed by atoms with Crippen LogP contribution in [0.3, 0.4) is 0 Å². The highest BCUT2D eigenvalue weighted by molar-refractivity contribution is 6.32. The molecular weight excluding hydrogens is 220 g/mol. The molecule has 1 unspecified atom stereocenters. The van der Waals surface area contributed by atoms with Crippen LogP contribution >= 0.6 is 11.6 Å². The highest BCUT2D eigenvalue weighted by Crippen LogP contribution is 2.29. The van der Waals surface area contributed by atoms with Gasteiger partial charge < -0.3 is 4.74 Å². The second kappa shape index (κ2) is 4.62. The van der Waals surface area contributed by atoms with E-state index in [0.29, 0.717) is 0 Å². The smallest absolute Gasteiger partial charge is 0.271 e. The SMILES string of the molecule is CC(C#N)Oc1ccc([N+](=O)[O-])cc1Cl. The molecule has 15 heavy (non-hydrogen) atoms. The van der Waals surface area contributed by atoms with E-state index < -0.39 is 11.0 Å². The molecule has 1 rings (SSSR count). The fraction of sp³-hybridized carbons (Fsp3) is 0.222. The normalized spacial score (nSPS) is 11.5. The maximum absolute atomic E-state index is 10.4. The van der Waals surface area contributed by atoms with Gasteiger partial charge in [0.1, 0.15) is 11.8 Å². The zero-order chi connectivity index (χ0) is 11.4. The van der Waals surface area contributed by atoms with Gasteiger partial charge in [0, 0.05) is 12.1 Å². The van der Waals surface area contributed by atoms with Crippen LogP contribution in [0, 0.1) is 21.4 Å². The van der Waals surface area contributed by atoms with Gasteiger partial charge in [-0.1, -0.05) is 11.6 Å². The number of ether oxygens (including phenoxy) is 1.